The number of rotatable bonds is 6. The van der Waals surface area contributed by atoms with Gasteiger partial charge in [-0.1, -0.05) is 23.5 Å². The third kappa shape index (κ3) is 4.62. The van der Waals surface area contributed by atoms with Gasteiger partial charge in [0.05, 0.1) is 21.3 Å². The van der Waals surface area contributed by atoms with Crippen LogP contribution >= 0.6 is 27.3 Å². The van der Waals surface area contributed by atoms with Gasteiger partial charge in [0.1, 0.15) is 5.75 Å². The fourth-order valence-corrected chi connectivity index (χ4v) is 4.41. The van der Waals surface area contributed by atoms with Crippen molar-refractivity contribution >= 4 is 48.5 Å². The molecule has 3 rings (SSSR count). The summed E-state index contributed by atoms with van der Waals surface area (Å²) in [5, 5.41) is 3.55. The van der Waals surface area contributed by atoms with Crippen molar-refractivity contribution in [1.29, 1.82) is 0 Å². The number of halogens is 1. The van der Waals surface area contributed by atoms with Gasteiger partial charge in [-0.05, 0) is 78.0 Å². The molecule has 1 heterocycles. The minimum absolute atomic E-state index is 0.0370. The summed E-state index contributed by atoms with van der Waals surface area (Å²) in [6.45, 7) is 6.63. The zero-order valence-electron chi connectivity index (χ0n) is 15.1. The maximum atomic E-state index is 12.2. The van der Waals surface area contributed by atoms with Crippen LogP contribution in [0, 0.1) is 20.8 Å². The molecule has 0 atom stereocenters. The van der Waals surface area contributed by atoms with Crippen molar-refractivity contribution in [3.8, 4) is 5.75 Å². The van der Waals surface area contributed by atoms with Crippen LogP contribution < -0.4 is 10.1 Å². The predicted molar refractivity (Wildman–Crippen MR) is 111 cm³/mol. The third-order valence-corrected chi connectivity index (χ3v) is 5.51. The van der Waals surface area contributed by atoms with Gasteiger partial charge in [0.25, 0.3) is 0 Å². The Hall–Kier alpha value is -1.92. The number of amides is 1. The lowest BCUT2D eigenvalue weighted by atomic mass is 10.1. The summed E-state index contributed by atoms with van der Waals surface area (Å²) >= 11 is 5.00. The molecule has 0 unspecified atom stereocenters. The van der Waals surface area contributed by atoms with Gasteiger partial charge in [-0.25, -0.2) is 4.98 Å². The Bertz CT molecular complexity index is 952. The Morgan fingerprint density at radius 3 is 2.77 bits per heavy atom. The van der Waals surface area contributed by atoms with Crippen LogP contribution in [0.4, 0.5) is 5.13 Å². The highest BCUT2D eigenvalue weighted by atomic mass is 79.9. The molecule has 0 fully saturated rings. The first-order valence-electron chi connectivity index (χ1n) is 8.49. The van der Waals surface area contributed by atoms with Crippen LogP contribution in [0.1, 0.15) is 29.5 Å². The summed E-state index contributed by atoms with van der Waals surface area (Å²) < 4.78 is 7.76. The lowest BCUT2D eigenvalue weighted by Gasteiger charge is -2.08. The third-order valence-electron chi connectivity index (χ3n) is 3.97. The minimum atomic E-state index is -0.0370. The van der Waals surface area contributed by atoms with Gasteiger partial charge < -0.3 is 10.1 Å². The molecule has 26 heavy (non-hydrogen) atoms. The average molecular weight is 433 g/mol. The number of ether oxygens (including phenoxy) is 1. The number of hydrogen-bond donors (Lipinski definition) is 1. The summed E-state index contributed by atoms with van der Waals surface area (Å²) in [5.41, 5.74) is 4.47. The number of nitrogens with zero attached hydrogens (tertiary/aromatic N) is 1. The lowest BCUT2D eigenvalue weighted by Crippen LogP contribution is -2.12. The number of aryl methyl sites for hydroxylation is 3. The zero-order valence-corrected chi connectivity index (χ0v) is 17.5. The first-order valence-corrected chi connectivity index (χ1v) is 10.1. The molecular weight excluding hydrogens is 412 g/mol. The number of hydrogen-bond acceptors (Lipinski definition) is 4. The highest BCUT2D eigenvalue weighted by Gasteiger charge is 2.10. The Kier molecular flexibility index (Phi) is 5.94. The number of nitrogens with one attached hydrogen (secondary N) is 1. The van der Waals surface area contributed by atoms with E-state index in [9.17, 15) is 4.79 Å². The van der Waals surface area contributed by atoms with Crippen LogP contribution in [0.15, 0.2) is 34.8 Å². The first-order chi connectivity index (χ1) is 12.4. The minimum Gasteiger partial charge on any atom is -0.492 e. The van der Waals surface area contributed by atoms with Gasteiger partial charge in [-0.3, -0.25) is 4.79 Å². The molecule has 0 aliphatic carbocycles. The number of anilines is 1. The molecule has 1 aromatic heterocycles. The number of fused-ring (bicyclic) bond motifs is 1. The number of benzene rings is 2. The van der Waals surface area contributed by atoms with E-state index in [1.807, 2.05) is 32.0 Å². The van der Waals surface area contributed by atoms with Gasteiger partial charge >= 0.3 is 0 Å². The quantitative estimate of drug-likeness (QED) is 0.502. The smallest absolute Gasteiger partial charge is 0.226 e. The van der Waals surface area contributed by atoms with E-state index < -0.39 is 0 Å². The molecule has 1 N–H and O–H groups in total. The Morgan fingerprint density at radius 2 is 2.00 bits per heavy atom. The predicted octanol–water partition coefficient (Wildman–Crippen LogP) is 5.78. The monoisotopic (exact) mass is 432 g/mol. The van der Waals surface area contributed by atoms with E-state index in [2.05, 4.69) is 45.3 Å². The molecule has 4 nitrogen and oxygen atoms in total. The fourth-order valence-electron chi connectivity index (χ4n) is 2.74. The topological polar surface area (TPSA) is 51.2 Å². The molecule has 1 amide bonds. The van der Waals surface area contributed by atoms with Crippen molar-refractivity contribution in [3.05, 3.63) is 51.5 Å². The molecule has 6 heteroatoms. The molecule has 0 radical (unpaired) electrons. The van der Waals surface area contributed by atoms with Crippen molar-refractivity contribution in [2.75, 3.05) is 11.9 Å². The van der Waals surface area contributed by atoms with Gasteiger partial charge in [0.15, 0.2) is 5.13 Å². The van der Waals surface area contributed by atoms with E-state index in [1.54, 1.807) is 0 Å². The van der Waals surface area contributed by atoms with Crippen LogP contribution in [0.2, 0.25) is 0 Å². The summed E-state index contributed by atoms with van der Waals surface area (Å²) in [5.74, 6) is 0.762. The van der Waals surface area contributed by atoms with E-state index in [1.165, 1.54) is 22.5 Å². The molecule has 0 aliphatic rings. The van der Waals surface area contributed by atoms with Crippen molar-refractivity contribution in [2.24, 2.45) is 0 Å². The van der Waals surface area contributed by atoms with Crippen LogP contribution in [-0.4, -0.2) is 17.5 Å². The molecule has 0 saturated carbocycles. The first kappa shape index (κ1) is 18.9. The van der Waals surface area contributed by atoms with Crippen molar-refractivity contribution in [2.45, 2.75) is 33.6 Å². The highest BCUT2D eigenvalue weighted by Crippen LogP contribution is 2.29. The molecule has 0 saturated heterocycles. The molecule has 0 bridgehead atoms. The maximum Gasteiger partial charge on any atom is 0.226 e. The van der Waals surface area contributed by atoms with Crippen LogP contribution in [0.5, 0.6) is 5.75 Å². The van der Waals surface area contributed by atoms with E-state index in [4.69, 9.17) is 4.74 Å². The van der Waals surface area contributed by atoms with Gasteiger partial charge in [-0.2, -0.15) is 0 Å². The average Bonchev–Trinajstić information content (AvgIpc) is 2.95. The van der Waals surface area contributed by atoms with E-state index in [0.29, 0.717) is 24.6 Å². The number of aromatic nitrogens is 1. The fraction of sp³-hybridized carbons (Fsp3) is 0.300. The Labute approximate surface area is 165 Å². The van der Waals surface area contributed by atoms with Crippen molar-refractivity contribution < 1.29 is 9.53 Å². The van der Waals surface area contributed by atoms with Crippen LogP contribution in [0.3, 0.4) is 0 Å². The Balaban J connectivity index is 1.50. The molecular formula is C20H21BrN2O2S. The highest BCUT2D eigenvalue weighted by molar-refractivity contribution is 9.10. The standard InChI is InChI=1S/C20H21BrN2O2S/c1-12-6-7-16(15(21)10-12)25-8-4-5-18(24)22-20-23-19-14(3)9-13(2)11-17(19)26-20/h6-7,9-11H,4-5,8H2,1-3H3,(H,22,23,24). The van der Waals surface area contributed by atoms with E-state index in [0.717, 1.165) is 26.0 Å². The summed E-state index contributed by atoms with van der Waals surface area (Å²) in [4.78, 5) is 16.7. The molecule has 136 valence electrons. The van der Waals surface area contributed by atoms with E-state index in [-0.39, 0.29) is 5.91 Å². The van der Waals surface area contributed by atoms with Gasteiger partial charge in [-0.15, -0.1) is 0 Å². The SMILES string of the molecule is Cc1ccc(OCCCC(=O)Nc2nc3c(C)cc(C)cc3s2)c(Br)c1. The molecule has 0 aliphatic heterocycles. The van der Waals surface area contributed by atoms with Crippen LogP contribution in [0.25, 0.3) is 10.2 Å². The Morgan fingerprint density at radius 1 is 1.19 bits per heavy atom. The second-order valence-electron chi connectivity index (χ2n) is 6.38. The zero-order chi connectivity index (χ0) is 18.7. The summed E-state index contributed by atoms with van der Waals surface area (Å²) in [6.07, 6.45) is 1.05. The second-order valence-corrected chi connectivity index (χ2v) is 8.27. The molecule has 0 spiro atoms. The van der Waals surface area contributed by atoms with Gasteiger partial charge in [0.2, 0.25) is 5.91 Å². The maximum absolute atomic E-state index is 12.2. The normalized spacial score (nSPS) is 10.9. The second kappa shape index (κ2) is 8.18. The number of carbonyl (C=O) groups excluding carboxylic acids is 1. The molecule has 2 aromatic carbocycles. The number of carbonyl (C=O) groups is 1. The summed E-state index contributed by atoms with van der Waals surface area (Å²) in [7, 11) is 0. The van der Waals surface area contributed by atoms with E-state index >= 15 is 0 Å². The lowest BCUT2D eigenvalue weighted by molar-refractivity contribution is -0.116. The largest absolute Gasteiger partial charge is 0.492 e. The van der Waals surface area contributed by atoms with Gasteiger partial charge in [0, 0.05) is 6.42 Å². The van der Waals surface area contributed by atoms with Crippen molar-refractivity contribution in [1.82, 2.24) is 4.98 Å². The van der Waals surface area contributed by atoms with Crippen molar-refractivity contribution in [3.63, 3.8) is 0 Å². The van der Waals surface area contributed by atoms with Crippen LogP contribution in [-0.2, 0) is 4.79 Å². The number of thiazole rings is 1. The molecule has 3 aromatic rings. The summed E-state index contributed by atoms with van der Waals surface area (Å²) in [6, 6.07) is 10.2.